The van der Waals surface area contributed by atoms with Gasteiger partial charge in [-0.15, -0.1) is 0 Å². The van der Waals surface area contributed by atoms with Crippen molar-refractivity contribution in [2.24, 2.45) is 0 Å². The van der Waals surface area contributed by atoms with Gasteiger partial charge in [0, 0.05) is 5.02 Å². The quantitative estimate of drug-likeness (QED) is 0.293. The highest BCUT2D eigenvalue weighted by atomic mass is 79.9. The number of ether oxygens (including phenoxy) is 2. The summed E-state index contributed by atoms with van der Waals surface area (Å²) in [5.74, 6) is 0.0848. The van der Waals surface area contributed by atoms with E-state index >= 15 is 0 Å². The first-order chi connectivity index (χ1) is 15.4. The highest BCUT2D eigenvalue weighted by Gasteiger charge is 2.13. The Kier molecular flexibility index (Phi) is 7.87. The van der Waals surface area contributed by atoms with Crippen LogP contribution in [0.3, 0.4) is 0 Å². The first-order valence-electron chi connectivity index (χ1n) is 9.33. The SMILES string of the molecule is COc1ccc(Cl)cc1NC(=O)/C(C#N)=C/c1ccc(OCc2ccc(F)cc2)c(Br)c1. The summed E-state index contributed by atoms with van der Waals surface area (Å²) in [6.45, 7) is 0.265. The number of halogens is 3. The van der Waals surface area contributed by atoms with Crippen molar-refractivity contribution in [1.82, 2.24) is 0 Å². The molecule has 8 heteroatoms. The number of nitrogens with zero attached hydrogens (tertiary/aromatic N) is 1. The highest BCUT2D eigenvalue weighted by Crippen LogP contribution is 2.29. The van der Waals surface area contributed by atoms with Gasteiger partial charge in [-0.3, -0.25) is 4.79 Å². The van der Waals surface area contributed by atoms with Crippen LogP contribution >= 0.6 is 27.5 Å². The minimum Gasteiger partial charge on any atom is -0.495 e. The van der Waals surface area contributed by atoms with Crippen molar-refractivity contribution >= 4 is 45.2 Å². The number of methoxy groups -OCH3 is 1. The molecule has 3 rings (SSSR count). The van der Waals surface area contributed by atoms with E-state index in [4.69, 9.17) is 21.1 Å². The molecule has 0 aliphatic heterocycles. The largest absolute Gasteiger partial charge is 0.495 e. The molecule has 1 N–H and O–H groups in total. The van der Waals surface area contributed by atoms with Crippen LogP contribution in [-0.4, -0.2) is 13.0 Å². The summed E-state index contributed by atoms with van der Waals surface area (Å²) >= 11 is 9.42. The Bertz CT molecular complexity index is 1210. The van der Waals surface area contributed by atoms with Crippen molar-refractivity contribution in [1.29, 1.82) is 5.26 Å². The number of hydrogen-bond donors (Lipinski definition) is 1. The molecular formula is C24H17BrClFN2O3. The van der Waals surface area contributed by atoms with Crippen molar-refractivity contribution in [2.45, 2.75) is 6.61 Å². The van der Waals surface area contributed by atoms with E-state index in [1.807, 2.05) is 6.07 Å². The second kappa shape index (κ2) is 10.8. The van der Waals surface area contributed by atoms with Gasteiger partial charge in [0.15, 0.2) is 0 Å². The molecule has 5 nitrogen and oxygen atoms in total. The Balaban J connectivity index is 1.73. The van der Waals surface area contributed by atoms with Gasteiger partial charge in [0.25, 0.3) is 5.91 Å². The number of anilines is 1. The van der Waals surface area contributed by atoms with Crippen LogP contribution in [0.5, 0.6) is 11.5 Å². The Hall–Kier alpha value is -3.34. The fraction of sp³-hybridized carbons (Fsp3) is 0.0833. The maximum absolute atomic E-state index is 13.0. The summed E-state index contributed by atoms with van der Waals surface area (Å²) in [5.41, 5.74) is 1.70. The molecule has 0 heterocycles. The predicted octanol–water partition coefficient (Wildman–Crippen LogP) is 6.37. The maximum Gasteiger partial charge on any atom is 0.266 e. The number of nitriles is 1. The molecule has 1 amide bonds. The summed E-state index contributed by atoms with van der Waals surface area (Å²) < 4.78 is 24.6. The van der Waals surface area contributed by atoms with Crippen LogP contribution in [0.15, 0.2) is 70.7 Å². The Morgan fingerprint density at radius 2 is 1.88 bits per heavy atom. The lowest BCUT2D eigenvalue weighted by atomic mass is 10.1. The molecule has 0 atom stereocenters. The third-order valence-electron chi connectivity index (χ3n) is 4.35. The van der Waals surface area contributed by atoms with Crippen LogP contribution in [-0.2, 0) is 11.4 Å². The van der Waals surface area contributed by atoms with Crippen molar-refractivity contribution in [3.8, 4) is 17.6 Å². The van der Waals surface area contributed by atoms with Crippen molar-refractivity contribution in [2.75, 3.05) is 12.4 Å². The van der Waals surface area contributed by atoms with Gasteiger partial charge >= 0.3 is 0 Å². The summed E-state index contributed by atoms with van der Waals surface area (Å²) in [7, 11) is 1.47. The van der Waals surface area contributed by atoms with E-state index in [0.717, 1.165) is 5.56 Å². The first kappa shape index (κ1) is 23.3. The molecule has 0 aromatic heterocycles. The number of benzene rings is 3. The molecule has 0 fully saturated rings. The lowest BCUT2D eigenvalue weighted by molar-refractivity contribution is -0.112. The number of carbonyl (C=O) groups is 1. The van der Waals surface area contributed by atoms with Crippen molar-refractivity contribution in [3.05, 3.63) is 92.7 Å². The van der Waals surface area contributed by atoms with Gasteiger partial charge in [0.2, 0.25) is 0 Å². The van der Waals surface area contributed by atoms with E-state index in [-0.39, 0.29) is 18.0 Å². The number of hydrogen-bond acceptors (Lipinski definition) is 4. The summed E-state index contributed by atoms with van der Waals surface area (Å²) in [4.78, 5) is 12.6. The average Bonchev–Trinajstić information content (AvgIpc) is 2.78. The van der Waals surface area contributed by atoms with E-state index < -0.39 is 5.91 Å². The van der Waals surface area contributed by atoms with E-state index in [2.05, 4.69) is 21.2 Å². The molecule has 3 aromatic rings. The molecule has 32 heavy (non-hydrogen) atoms. The van der Waals surface area contributed by atoms with E-state index in [0.29, 0.717) is 32.2 Å². The fourth-order valence-electron chi connectivity index (χ4n) is 2.75. The molecule has 0 saturated carbocycles. The van der Waals surface area contributed by atoms with Crippen LogP contribution in [0.1, 0.15) is 11.1 Å². The smallest absolute Gasteiger partial charge is 0.266 e. The lowest BCUT2D eigenvalue weighted by Crippen LogP contribution is -2.14. The van der Waals surface area contributed by atoms with Gasteiger partial charge < -0.3 is 14.8 Å². The number of amides is 1. The first-order valence-corrected chi connectivity index (χ1v) is 10.5. The zero-order valence-corrected chi connectivity index (χ0v) is 19.2. The average molecular weight is 516 g/mol. The third-order valence-corrected chi connectivity index (χ3v) is 5.20. The van der Waals surface area contributed by atoms with E-state index in [1.54, 1.807) is 42.5 Å². The van der Waals surface area contributed by atoms with Crippen LogP contribution in [0.4, 0.5) is 10.1 Å². The molecule has 0 spiro atoms. The monoisotopic (exact) mass is 514 g/mol. The molecule has 0 aliphatic rings. The van der Waals surface area contributed by atoms with Gasteiger partial charge in [0.05, 0.1) is 17.3 Å². The normalized spacial score (nSPS) is 10.9. The minimum atomic E-state index is -0.596. The highest BCUT2D eigenvalue weighted by molar-refractivity contribution is 9.10. The second-order valence-electron chi connectivity index (χ2n) is 6.57. The van der Waals surface area contributed by atoms with Gasteiger partial charge in [-0.05, 0) is 75.6 Å². The fourth-order valence-corrected chi connectivity index (χ4v) is 3.43. The van der Waals surface area contributed by atoms with Gasteiger partial charge in [0.1, 0.15) is 35.6 Å². The molecule has 0 bridgehead atoms. The lowest BCUT2D eigenvalue weighted by Gasteiger charge is -2.11. The minimum absolute atomic E-state index is 0.0982. The van der Waals surface area contributed by atoms with Crippen molar-refractivity contribution in [3.63, 3.8) is 0 Å². The number of nitrogens with one attached hydrogen (secondary N) is 1. The predicted molar refractivity (Wildman–Crippen MR) is 125 cm³/mol. The van der Waals surface area contributed by atoms with E-state index in [9.17, 15) is 14.4 Å². The number of carbonyl (C=O) groups excluding carboxylic acids is 1. The van der Waals surface area contributed by atoms with Crippen molar-refractivity contribution < 1.29 is 18.7 Å². The Labute approximate surface area is 198 Å². The van der Waals surface area contributed by atoms with Crippen LogP contribution in [0, 0.1) is 17.1 Å². The molecule has 3 aromatic carbocycles. The summed E-state index contributed by atoms with van der Waals surface area (Å²) in [6, 6.07) is 17.9. The number of rotatable bonds is 7. The third kappa shape index (κ3) is 6.10. The van der Waals surface area contributed by atoms with Crippen LogP contribution < -0.4 is 14.8 Å². The zero-order valence-electron chi connectivity index (χ0n) is 16.9. The Morgan fingerprint density at radius 1 is 1.16 bits per heavy atom. The standard InChI is InChI=1S/C24H17BrClFN2O3/c1-31-23-9-5-18(26)12-21(23)29-24(30)17(13-28)10-16-4-8-22(20(25)11-16)32-14-15-2-6-19(27)7-3-15/h2-12H,14H2,1H3,(H,29,30)/b17-10+. The molecule has 162 valence electrons. The van der Waals surface area contributed by atoms with Gasteiger partial charge in [-0.25, -0.2) is 4.39 Å². The Morgan fingerprint density at radius 3 is 2.53 bits per heavy atom. The van der Waals surface area contributed by atoms with E-state index in [1.165, 1.54) is 31.4 Å². The second-order valence-corrected chi connectivity index (χ2v) is 7.86. The zero-order chi connectivity index (χ0) is 23.1. The molecule has 0 aliphatic carbocycles. The molecule has 0 saturated heterocycles. The van der Waals surface area contributed by atoms with Gasteiger partial charge in [-0.2, -0.15) is 5.26 Å². The molecule has 0 unspecified atom stereocenters. The molecule has 0 radical (unpaired) electrons. The maximum atomic E-state index is 13.0. The van der Waals surface area contributed by atoms with Gasteiger partial charge in [-0.1, -0.05) is 29.8 Å². The molecular weight excluding hydrogens is 499 g/mol. The van der Waals surface area contributed by atoms with Crippen LogP contribution in [0.25, 0.3) is 6.08 Å². The topological polar surface area (TPSA) is 71.3 Å². The summed E-state index contributed by atoms with van der Waals surface area (Å²) in [5, 5.41) is 12.5. The van der Waals surface area contributed by atoms with Crippen LogP contribution in [0.2, 0.25) is 5.02 Å². The summed E-state index contributed by atoms with van der Waals surface area (Å²) in [6.07, 6.45) is 1.46.